The number of rotatable bonds is 10. The maximum Gasteiger partial charge on any atom is 0.335 e. The first-order valence-electron chi connectivity index (χ1n) is 15.5. The second-order valence-corrected chi connectivity index (χ2v) is 11.9. The molecule has 46 heavy (non-hydrogen) atoms. The standard InChI is InChI=1S/C40H35NO5/c42-37(24-29-10-6-12-32(23-29)33-13-7-14-35(25-33)40(45)46)41(26-28-16-18-31(19-17-28)39(43)44)38-34(22-27-8-2-1-3-9-27)21-20-30-11-4-5-15-36(30)38/h1-19,23,25,34,38H,20-22,24,26H2,(H,43,44)(H,45,46). The Morgan fingerprint density at radius 3 is 2.02 bits per heavy atom. The fraction of sp³-hybridized carbons (Fsp3) is 0.175. The Balaban J connectivity index is 1.37. The Labute approximate surface area is 268 Å². The lowest BCUT2D eigenvalue weighted by Gasteiger charge is -2.42. The van der Waals surface area contributed by atoms with E-state index in [1.54, 1.807) is 42.5 Å². The van der Waals surface area contributed by atoms with Gasteiger partial charge in [-0.25, -0.2) is 9.59 Å². The van der Waals surface area contributed by atoms with Gasteiger partial charge in [-0.2, -0.15) is 0 Å². The summed E-state index contributed by atoms with van der Waals surface area (Å²) in [6.07, 6.45) is 2.87. The van der Waals surface area contributed by atoms with E-state index in [1.165, 1.54) is 11.1 Å². The Kier molecular flexibility index (Phi) is 9.06. The molecule has 0 spiro atoms. The molecule has 0 saturated heterocycles. The SMILES string of the molecule is O=C(O)c1ccc(CN(C(=O)Cc2cccc(-c3cccc(C(=O)O)c3)c2)C2c3ccccc3CCC2Cc2ccccc2)cc1. The predicted molar refractivity (Wildman–Crippen MR) is 178 cm³/mol. The number of carbonyl (C=O) groups is 3. The molecule has 5 aromatic carbocycles. The van der Waals surface area contributed by atoms with Crippen LogP contribution in [0.3, 0.4) is 0 Å². The van der Waals surface area contributed by atoms with Crippen molar-refractivity contribution in [1.29, 1.82) is 0 Å². The first kappa shape index (κ1) is 30.5. The molecule has 5 aromatic rings. The molecule has 2 N–H and O–H groups in total. The minimum Gasteiger partial charge on any atom is -0.478 e. The smallest absolute Gasteiger partial charge is 0.335 e. The van der Waals surface area contributed by atoms with Crippen LogP contribution in [0.2, 0.25) is 0 Å². The monoisotopic (exact) mass is 609 g/mol. The van der Waals surface area contributed by atoms with Gasteiger partial charge >= 0.3 is 11.9 Å². The van der Waals surface area contributed by atoms with E-state index >= 15 is 0 Å². The van der Waals surface area contributed by atoms with Crippen LogP contribution < -0.4 is 0 Å². The van der Waals surface area contributed by atoms with Crippen molar-refractivity contribution in [2.45, 2.75) is 38.3 Å². The lowest BCUT2D eigenvalue weighted by molar-refractivity contribution is -0.135. The molecule has 1 aliphatic rings. The zero-order valence-electron chi connectivity index (χ0n) is 25.4. The summed E-state index contributed by atoms with van der Waals surface area (Å²) in [6, 6.07) is 39.9. The highest BCUT2D eigenvalue weighted by atomic mass is 16.4. The van der Waals surface area contributed by atoms with E-state index < -0.39 is 11.9 Å². The molecule has 6 heteroatoms. The Hall–Kier alpha value is -5.49. The number of aromatic carboxylic acids is 2. The lowest BCUT2D eigenvalue weighted by atomic mass is 9.76. The number of benzene rings is 5. The Bertz CT molecular complexity index is 1860. The van der Waals surface area contributed by atoms with Crippen molar-refractivity contribution >= 4 is 17.8 Å². The number of amides is 1. The van der Waals surface area contributed by atoms with Crippen LogP contribution in [0.15, 0.2) is 127 Å². The molecule has 0 bridgehead atoms. The molecule has 0 radical (unpaired) electrons. The molecule has 0 heterocycles. The van der Waals surface area contributed by atoms with Crippen molar-refractivity contribution in [1.82, 2.24) is 4.90 Å². The molecule has 2 atom stereocenters. The van der Waals surface area contributed by atoms with Crippen LogP contribution in [0, 0.1) is 5.92 Å². The minimum absolute atomic E-state index is 0.0292. The van der Waals surface area contributed by atoms with Crippen molar-refractivity contribution in [2.75, 3.05) is 0 Å². The van der Waals surface area contributed by atoms with Gasteiger partial charge in [-0.3, -0.25) is 4.79 Å². The van der Waals surface area contributed by atoms with E-state index in [1.807, 2.05) is 59.5 Å². The van der Waals surface area contributed by atoms with Crippen molar-refractivity contribution in [3.63, 3.8) is 0 Å². The molecule has 0 aromatic heterocycles. The van der Waals surface area contributed by atoms with Gasteiger partial charge in [0.15, 0.2) is 0 Å². The van der Waals surface area contributed by atoms with Crippen LogP contribution >= 0.6 is 0 Å². The van der Waals surface area contributed by atoms with E-state index in [2.05, 4.69) is 30.3 Å². The third-order valence-corrected chi connectivity index (χ3v) is 8.88. The quantitative estimate of drug-likeness (QED) is 0.168. The molecule has 0 fully saturated rings. The maximum atomic E-state index is 14.5. The fourth-order valence-corrected chi connectivity index (χ4v) is 6.62. The normalized spacial score (nSPS) is 15.5. The molecular weight excluding hydrogens is 574 g/mol. The van der Waals surface area contributed by atoms with E-state index in [4.69, 9.17) is 0 Å². The topological polar surface area (TPSA) is 94.9 Å². The number of carbonyl (C=O) groups excluding carboxylic acids is 1. The molecule has 0 aliphatic heterocycles. The fourth-order valence-electron chi connectivity index (χ4n) is 6.62. The molecule has 1 aliphatic carbocycles. The number of hydrogen-bond acceptors (Lipinski definition) is 3. The predicted octanol–water partition coefficient (Wildman–Crippen LogP) is 7.87. The highest BCUT2D eigenvalue weighted by Crippen LogP contribution is 2.41. The van der Waals surface area contributed by atoms with Crippen LogP contribution in [-0.2, 0) is 30.6 Å². The average Bonchev–Trinajstić information content (AvgIpc) is 3.08. The molecule has 230 valence electrons. The van der Waals surface area contributed by atoms with Crippen molar-refractivity contribution in [3.8, 4) is 11.1 Å². The van der Waals surface area contributed by atoms with Crippen LogP contribution in [0.4, 0.5) is 0 Å². The largest absolute Gasteiger partial charge is 0.478 e. The van der Waals surface area contributed by atoms with Gasteiger partial charge in [0.05, 0.1) is 23.6 Å². The second kappa shape index (κ2) is 13.7. The van der Waals surface area contributed by atoms with Crippen molar-refractivity contribution in [3.05, 3.63) is 166 Å². The van der Waals surface area contributed by atoms with Gasteiger partial charge in [0.25, 0.3) is 0 Å². The number of aryl methyl sites for hydroxylation is 1. The summed E-state index contributed by atoms with van der Waals surface area (Å²) < 4.78 is 0. The number of carboxylic acid groups (broad SMARTS) is 2. The third kappa shape index (κ3) is 6.92. The summed E-state index contributed by atoms with van der Waals surface area (Å²) >= 11 is 0. The van der Waals surface area contributed by atoms with Crippen LogP contribution in [-0.4, -0.2) is 33.0 Å². The summed E-state index contributed by atoms with van der Waals surface area (Å²) in [5.41, 5.74) is 7.35. The van der Waals surface area contributed by atoms with Crippen LogP contribution in [0.5, 0.6) is 0 Å². The first-order chi connectivity index (χ1) is 22.4. The average molecular weight is 610 g/mol. The zero-order chi connectivity index (χ0) is 32.0. The summed E-state index contributed by atoms with van der Waals surface area (Å²) in [5.74, 6) is -1.82. The maximum absolute atomic E-state index is 14.5. The minimum atomic E-state index is -0.989. The summed E-state index contributed by atoms with van der Waals surface area (Å²) in [6.45, 7) is 0.337. The number of hydrogen-bond donors (Lipinski definition) is 2. The van der Waals surface area contributed by atoms with E-state index in [0.717, 1.165) is 47.1 Å². The lowest BCUT2D eigenvalue weighted by Crippen LogP contribution is -2.41. The molecule has 6 rings (SSSR count). The zero-order valence-corrected chi connectivity index (χ0v) is 25.4. The van der Waals surface area contributed by atoms with Gasteiger partial charge in [-0.05, 0) is 88.4 Å². The van der Waals surface area contributed by atoms with E-state index in [0.29, 0.717) is 6.54 Å². The van der Waals surface area contributed by atoms with Crippen LogP contribution in [0.25, 0.3) is 11.1 Å². The van der Waals surface area contributed by atoms with Crippen LogP contribution in [0.1, 0.15) is 61.0 Å². The molecule has 1 amide bonds. The van der Waals surface area contributed by atoms with Crippen molar-refractivity contribution < 1.29 is 24.6 Å². The van der Waals surface area contributed by atoms with Crippen molar-refractivity contribution in [2.24, 2.45) is 5.92 Å². The van der Waals surface area contributed by atoms with Gasteiger partial charge in [-0.15, -0.1) is 0 Å². The van der Waals surface area contributed by atoms with E-state index in [9.17, 15) is 24.6 Å². The Morgan fingerprint density at radius 1 is 0.630 bits per heavy atom. The summed E-state index contributed by atoms with van der Waals surface area (Å²) in [4.78, 5) is 39.6. The van der Waals surface area contributed by atoms with Gasteiger partial charge in [-0.1, -0.05) is 103 Å². The Morgan fingerprint density at radius 2 is 1.28 bits per heavy atom. The number of nitrogens with zero attached hydrogens (tertiary/aromatic N) is 1. The third-order valence-electron chi connectivity index (χ3n) is 8.88. The number of carboxylic acids is 2. The van der Waals surface area contributed by atoms with Gasteiger partial charge in [0, 0.05) is 6.54 Å². The highest BCUT2D eigenvalue weighted by molar-refractivity contribution is 5.89. The van der Waals surface area contributed by atoms with Gasteiger partial charge < -0.3 is 15.1 Å². The summed E-state index contributed by atoms with van der Waals surface area (Å²) in [7, 11) is 0. The second-order valence-electron chi connectivity index (χ2n) is 11.9. The molecule has 0 saturated carbocycles. The van der Waals surface area contributed by atoms with E-state index in [-0.39, 0.29) is 35.4 Å². The number of fused-ring (bicyclic) bond motifs is 1. The van der Waals surface area contributed by atoms with Gasteiger partial charge in [0.1, 0.15) is 0 Å². The molecular formula is C40H35NO5. The highest BCUT2D eigenvalue weighted by Gasteiger charge is 2.36. The molecule has 2 unspecified atom stereocenters. The first-order valence-corrected chi connectivity index (χ1v) is 15.5. The summed E-state index contributed by atoms with van der Waals surface area (Å²) in [5, 5.41) is 18.9. The van der Waals surface area contributed by atoms with Gasteiger partial charge in [0.2, 0.25) is 5.91 Å². The molecule has 6 nitrogen and oxygen atoms in total.